The molecule has 1 N–H and O–H groups in total. The molecular formula is C23H24FN3O3S. The number of aliphatic imine (C=N–C) groups is 1. The third-order valence-electron chi connectivity index (χ3n) is 5.19. The zero-order chi connectivity index (χ0) is 21.8. The first-order valence-electron chi connectivity index (χ1n) is 10.3. The Hall–Kier alpha value is -2.71. The monoisotopic (exact) mass is 441 g/mol. The number of hydrogen-bond donors (Lipinski definition) is 1. The van der Waals surface area contributed by atoms with Crippen LogP contribution in [0.5, 0.6) is 0 Å². The van der Waals surface area contributed by atoms with Crippen LogP contribution in [0.15, 0.2) is 53.5 Å². The standard InChI is InChI=1S/C23H24FN3O3S/c1-15-4-8-17(9-5-15)25-21(28)13-20-22(29)27(14-19-3-2-12-30-19)23(31-20)26-18-10-6-16(24)7-11-18/h4-11,19-20H,2-3,12-14H2,1H3,(H,25,28). The van der Waals surface area contributed by atoms with Crippen molar-refractivity contribution in [2.45, 2.75) is 37.5 Å². The Morgan fingerprint density at radius 2 is 1.97 bits per heavy atom. The Bertz CT molecular complexity index is 973. The fourth-order valence-corrected chi connectivity index (χ4v) is 4.70. The van der Waals surface area contributed by atoms with Crippen LogP contribution in [0.25, 0.3) is 0 Å². The van der Waals surface area contributed by atoms with Gasteiger partial charge in [-0.25, -0.2) is 9.38 Å². The number of hydrogen-bond acceptors (Lipinski definition) is 5. The molecule has 2 unspecified atom stereocenters. The van der Waals surface area contributed by atoms with E-state index in [9.17, 15) is 14.0 Å². The minimum atomic E-state index is -0.564. The number of amidine groups is 1. The zero-order valence-corrected chi connectivity index (χ0v) is 18.0. The second-order valence-electron chi connectivity index (χ2n) is 7.68. The third kappa shape index (κ3) is 5.51. The summed E-state index contributed by atoms with van der Waals surface area (Å²) in [5.41, 5.74) is 2.35. The van der Waals surface area contributed by atoms with E-state index in [0.717, 1.165) is 18.4 Å². The molecule has 2 aliphatic heterocycles. The molecule has 4 rings (SSSR count). The molecule has 2 aromatic rings. The second kappa shape index (κ2) is 9.62. The normalized spacial score (nSPS) is 22.3. The number of halogens is 1. The van der Waals surface area contributed by atoms with Gasteiger partial charge in [-0.3, -0.25) is 14.5 Å². The van der Waals surface area contributed by atoms with E-state index in [2.05, 4.69) is 10.3 Å². The minimum absolute atomic E-state index is 0.0388. The highest BCUT2D eigenvalue weighted by molar-refractivity contribution is 8.15. The van der Waals surface area contributed by atoms with Crippen molar-refractivity contribution in [2.75, 3.05) is 18.5 Å². The van der Waals surface area contributed by atoms with Crippen molar-refractivity contribution in [3.8, 4) is 0 Å². The van der Waals surface area contributed by atoms with Gasteiger partial charge in [0, 0.05) is 18.7 Å². The van der Waals surface area contributed by atoms with Gasteiger partial charge in [-0.2, -0.15) is 0 Å². The topological polar surface area (TPSA) is 71.0 Å². The number of carbonyl (C=O) groups excluding carboxylic acids is 2. The van der Waals surface area contributed by atoms with E-state index < -0.39 is 5.25 Å². The lowest BCUT2D eigenvalue weighted by Gasteiger charge is -2.20. The molecule has 2 atom stereocenters. The van der Waals surface area contributed by atoms with Gasteiger partial charge < -0.3 is 10.1 Å². The van der Waals surface area contributed by atoms with Crippen LogP contribution in [0.1, 0.15) is 24.8 Å². The first-order chi connectivity index (χ1) is 15.0. The highest BCUT2D eigenvalue weighted by atomic mass is 32.2. The first-order valence-corrected chi connectivity index (χ1v) is 11.2. The molecule has 2 fully saturated rings. The van der Waals surface area contributed by atoms with E-state index in [1.54, 1.807) is 17.0 Å². The molecular weight excluding hydrogens is 417 g/mol. The van der Waals surface area contributed by atoms with Crippen LogP contribution < -0.4 is 5.32 Å². The maximum absolute atomic E-state index is 13.2. The number of rotatable bonds is 6. The molecule has 2 amide bonds. The highest BCUT2D eigenvalue weighted by Crippen LogP contribution is 2.33. The van der Waals surface area contributed by atoms with Gasteiger partial charge in [-0.05, 0) is 56.2 Å². The number of nitrogens with zero attached hydrogens (tertiary/aromatic N) is 2. The summed E-state index contributed by atoms with van der Waals surface area (Å²) in [5.74, 6) is -0.726. The Balaban J connectivity index is 1.48. The van der Waals surface area contributed by atoms with E-state index in [1.165, 1.54) is 23.9 Å². The SMILES string of the molecule is Cc1ccc(NC(=O)CC2SC(=Nc3ccc(F)cc3)N(CC3CCCO3)C2=O)cc1. The minimum Gasteiger partial charge on any atom is -0.376 e. The average Bonchev–Trinajstić information content (AvgIpc) is 3.36. The first kappa shape index (κ1) is 21.5. The van der Waals surface area contributed by atoms with E-state index in [-0.39, 0.29) is 30.2 Å². The Labute approximate surface area is 184 Å². The number of anilines is 1. The van der Waals surface area contributed by atoms with Gasteiger partial charge in [0.15, 0.2) is 5.17 Å². The fraction of sp³-hybridized carbons (Fsp3) is 0.348. The van der Waals surface area contributed by atoms with Crippen molar-refractivity contribution < 1.29 is 18.7 Å². The molecule has 0 saturated carbocycles. The number of benzene rings is 2. The molecule has 0 aliphatic carbocycles. The maximum Gasteiger partial charge on any atom is 0.242 e. The molecule has 2 heterocycles. The van der Waals surface area contributed by atoms with Crippen molar-refractivity contribution in [1.29, 1.82) is 0 Å². The number of thioether (sulfide) groups is 1. The van der Waals surface area contributed by atoms with Gasteiger partial charge in [0.2, 0.25) is 11.8 Å². The van der Waals surface area contributed by atoms with Crippen molar-refractivity contribution in [1.82, 2.24) is 4.90 Å². The van der Waals surface area contributed by atoms with E-state index in [1.807, 2.05) is 31.2 Å². The molecule has 0 bridgehead atoms. The summed E-state index contributed by atoms with van der Waals surface area (Å²) >= 11 is 1.27. The molecule has 2 saturated heterocycles. The van der Waals surface area contributed by atoms with Crippen molar-refractivity contribution >= 4 is 40.1 Å². The number of carbonyl (C=O) groups is 2. The number of aryl methyl sites for hydroxylation is 1. The summed E-state index contributed by atoms with van der Waals surface area (Å²) in [7, 11) is 0. The van der Waals surface area contributed by atoms with Crippen molar-refractivity contribution in [2.24, 2.45) is 4.99 Å². The van der Waals surface area contributed by atoms with Crippen LogP contribution in [0.3, 0.4) is 0 Å². The molecule has 0 spiro atoms. The van der Waals surface area contributed by atoms with Crippen LogP contribution in [-0.4, -0.2) is 46.4 Å². The van der Waals surface area contributed by atoms with Gasteiger partial charge >= 0.3 is 0 Å². The summed E-state index contributed by atoms with van der Waals surface area (Å²) in [4.78, 5) is 31.8. The highest BCUT2D eigenvalue weighted by Gasteiger charge is 2.40. The molecule has 31 heavy (non-hydrogen) atoms. The van der Waals surface area contributed by atoms with Crippen LogP contribution in [0.2, 0.25) is 0 Å². The summed E-state index contributed by atoms with van der Waals surface area (Å²) < 4.78 is 18.9. The largest absolute Gasteiger partial charge is 0.376 e. The van der Waals surface area contributed by atoms with Gasteiger partial charge in [0.25, 0.3) is 0 Å². The summed E-state index contributed by atoms with van der Waals surface area (Å²) in [6.07, 6.45) is 1.86. The lowest BCUT2D eigenvalue weighted by atomic mass is 10.2. The molecule has 2 aromatic carbocycles. The average molecular weight is 442 g/mol. The molecule has 0 aromatic heterocycles. The number of ether oxygens (including phenoxy) is 1. The molecule has 2 aliphatic rings. The Morgan fingerprint density at radius 3 is 2.65 bits per heavy atom. The quantitative estimate of drug-likeness (QED) is 0.727. The van der Waals surface area contributed by atoms with Crippen LogP contribution in [-0.2, 0) is 14.3 Å². The predicted molar refractivity (Wildman–Crippen MR) is 120 cm³/mol. The van der Waals surface area contributed by atoms with Crippen molar-refractivity contribution in [3.05, 3.63) is 59.9 Å². The molecule has 6 nitrogen and oxygen atoms in total. The maximum atomic E-state index is 13.2. The number of nitrogens with one attached hydrogen (secondary N) is 1. The van der Waals surface area contributed by atoms with E-state index in [0.29, 0.717) is 29.7 Å². The summed E-state index contributed by atoms with van der Waals surface area (Å²) in [6.45, 7) is 3.07. The van der Waals surface area contributed by atoms with Gasteiger partial charge in [0.1, 0.15) is 11.1 Å². The fourth-order valence-electron chi connectivity index (χ4n) is 3.53. The van der Waals surface area contributed by atoms with E-state index in [4.69, 9.17) is 4.74 Å². The molecule has 0 radical (unpaired) electrons. The van der Waals surface area contributed by atoms with E-state index >= 15 is 0 Å². The third-order valence-corrected chi connectivity index (χ3v) is 6.36. The van der Waals surface area contributed by atoms with Crippen LogP contribution in [0, 0.1) is 12.7 Å². The van der Waals surface area contributed by atoms with Gasteiger partial charge in [-0.1, -0.05) is 29.5 Å². The summed E-state index contributed by atoms with van der Waals surface area (Å²) in [6, 6.07) is 13.3. The van der Waals surface area contributed by atoms with Gasteiger partial charge in [0.05, 0.1) is 18.3 Å². The smallest absolute Gasteiger partial charge is 0.242 e. The lowest BCUT2D eigenvalue weighted by molar-refractivity contribution is -0.129. The second-order valence-corrected chi connectivity index (χ2v) is 8.85. The zero-order valence-electron chi connectivity index (χ0n) is 17.2. The number of amides is 2. The molecule has 8 heteroatoms. The lowest BCUT2D eigenvalue weighted by Crippen LogP contribution is -2.38. The molecule has 162 valence electrons. The summed E-state index contributed by atoms with van der Waals surface area (Å²) in [5, 5.41) is 2.80. The predicted octanol–water partition coefficient (Wildman–Crippen LogP) is 4.27. The Kier molecular flexibility index (Phi) is 6.67. The van der Waals surface area contributed by atoms with Gasteiger partial charge in [-0.15, -0.1) is 0 Å². The van der Waals surface area contributed by atoms with Crippen LogP contribution in [0.4, 0.5) is 15.8 Å². The Morgan fingerprint density at radius 1 is 1.23 bits per heavy atom. The van der Waals surface area contributed by atoms with Crippen molar-refractivity contribution in [3.63, 3.8) is 0 Å². The van der Waals surface area contributed by atoms with Crippen LogP contribution >= 0.6 is 11.8 Å².